The Bertz CT molecular complexity index is 847. The summed E-state index contributed by atoms with van der Waals surface area (Å²) >= 11 is 0. The molecule has 3 aromatic rings. The second kappa shape index (κ2) is 5.79. The fourth-order valence-electron chi connectivity index (χ4n) is 2.35. The van der Waals surface area contributed by atoms with Crippen LogP contribution in [0.15, 0.2) is 54.7 Å². The highest BCUT2D eigenvalue weighted by Gasteiger charge is 2.33. The summed E-state index contributed by atoms with van der Waals surface area (Å²) in [5, 5.41) is 3.54. The van der Waals surface area contributed by atoms with Gasteiger partial charge in [-0.2, -0.15) is 13.2 Å². The zero-order chi connectivity index (χ0) is 16.4. The van der Waals surface area contributed by atoms with Gasteiger partial charge in [0.25, 0.3) is 0 Å². The van der Waals surface area contributed by atoms with Crippen molar-refractivity contribution < 1.29 is 17.9 Å². The molecular weight excluding hydrogens is 305 g/mol. The van der Waals surface area contributed by atoms with Gasteiger partial charge in [0.15, 0.2) is 0 Å². The number of nitrogens with one attached hydrogen (secondary N) is 1. The molecule has 0 radical (unpaired) electrons. The van der Waals surface area contributed by atoms with Crippen LogP contribution < -0.4 is 10.1 Å². The second-order valence-electron chi connectivity index (χ2n) is 4.91. The second-order valence-corrected chi connectivity index (χ2v) is 4.91. The van der Waals surface area contributed by atoms with E-state index in [2.05, 4.69) is 10.3 Å². The van der Waals surface area contributed by atoms with E-state index in [1.807, 2.05) is 0 Å². The monoisotopic (exact) mass is 318 g/mol. The van der Waals surface area contributed by atoms with Gasteiger partial charge in [-0.1, -0.05) is 12.1 Å². The molecule has 0 bridgehead atoms. The third-order valence-corrected chi connectivity index (χ3v) is 3.45. The van der Waals surface area contributed by atoms with Crippen LogP contribution in [0.4, 0.5) is 24.5 Å². The summed E-state index contributed by atoms with van der Waals surface area (Å²) in [6.07, 6.45) is -2.88. The molecule has 0 atom stereocenters. The summed E-state index contributed by atoms with van der Waals surface area (Å²) in [7, 11) is 1.53. The molecule has 0 aliphatic heterocycles. The molecule has 0 unspecified atom stereocenters. The van der Waals surface area contributed by atoms with Gasteiger partial charge in [-0.05, 0) is 36.4 Å². The van der Waals surface area contributed by atoms with Crippen LogP contribution in [-0.2, 0) is 6.18 Å². The number of hydrogen-bond acceptors (Lipinski definition) is 3. The number of hydrogen-bond donors (Lipinski definition) is 1. The Balaban J connectivity index is 2.09. The number of alkyl halides is 3. The lowest BCUT2D eigenvalue weighted by molar-refractivity contribution is -0.136. The van der Waals surface area contributed by atoms with Crippen LogP contribution >= 0.6 is 0 Å². The van der Waals surface area contributed by atoms with Crippen molar-refractivity contribution in [1.29, 1.82) is 0 Å². The van der Waals surface area contributed by atoms with Crippen molar-refractivity contribution in [2.45, 2.75) is 6.18 Å². The van der Waals surface area contributed by atoms with E-state index in [4.69, 9.17) is 4.74 Å². The molecule has 0 aliphatic rings. The third kappa shape index (κ3) is 3.06. The number of para-hydroxylation sites is 1. The van der Waals surface area contributed by atoms with Crippen molar-refractivity contribution in [3.05, 3.63) is 60.3 Å². The summed E-state index contributed by atoms with van der Waals surface area (Å²) in [4.78, 5) is 4.21. The number of rotatable bonds is 3. The molecule has 0 fully saturated rings. The minimum atomic E-state index is -4.43. The summed E-state index contributed by atoms with van der Waals surface area (Å²) in [6.45, 7) is 0. The van der Waals surface area contributed by atoms with Gasteiger partial charge in [-0.3, -0.25) is 4.98 Å². The number of ether oxygens (including phenoxy) is 1. The molecule has 2 aromatic carbocycles. The number of benzene rings is 2. The molecule has 0 aliphatic carbocycles. The van der Waals surface area contributed by atoms with Crippen LogP contribution in [0.25, 0.3) is 10.9 Å². The van der Waals surface area contributed by atoms with Gasteiger partial charge in [0.05, 0.1) is 23.9 Å². The third-order valence-electron chi connectivity index (χ3n) is 3.45. The van der Waals surface area contributed by atoms with Crippen molar-refractivity contribution in [1.82, 2.24) is 4.98 Å². The molecule has 0 amide bonds. The zero-order valence-corrected chi connectivity index (χ0v) is 12.2. The molecule has 1 aromatic heterocycles. The molecule has 3 nitrogen and oxygen atoms in total. The number of fused-ring (bicyclic) bond motifs is 1. The van der Waals surface area contributed by atoms with Crippen LogP contribution in [0.2, 0.25) is 0 Å². The first-order valence-electron chi connectivity index (χ1n) is 6.85. The number of nitrogens with zero attached hydrogens (tertiary/aromatic N) is 1. The van der Waals surface area contributed by atoms with Crippen molar-refractivity contribution in [3.63, 3.8) is 0 Å². The highest BCUT2D eigenvalue weighted by molar-refractivity contribution is 5.94. The summed E-state index contributed by atoms with van der Waals surface area (Å²) in [6, 6.07) is 12.2. The summed E-state index contributed by atoms with van der Waals surface area (Å²) in [5.74, 6) is 0.609. The molecule has 1 N–H and O–H groups in total. The predicted octanol–water partition coefficient (Wildman–Crippen LogP) is 5.01. The Morgan fingerprint density at radius 2 is 1.78 bits per heavy atom. The molecule has 0 spiro atoms. The van der Waals surface area contributed by atoms with E-state index < -0.39 is 11.7 Å². The standard InChI is InChI=1S/C17H13F3N2O/c1-23-11-6-7-14-12(10-11)15(8-9-21-14)22-16-5-3-2-4-13(16)17(18,19)20/h2-10H,1H3,(H,21,22). The van der Waals surface area contributed by atoms with Gasteiger partial charge >= 0.3 is 6.18 Å². The number of anilines is 2. The first-order valence-corrected chi connectivity index (χ1v) is 6.85. The number of pyridine rings is 1. The molecular formula is C17H13F3N2O. The summed E-state index contributed by atoms with van der Waals surface area (Å²) < 4.78 is 44.5. The fourth-order valence-corrected chi connectivity index (χ4v) is 2.35. The normalized spacial score (nSPS) is 11.5. The van der Waals surface area contributed by atoms with E-state index in [0.29, 0.717) is 22.3 Å². The Hall–Kier alpha value is -2.76. The first kappa shape index (κ1) is 15.1. The van der Waals surface area contributed by atoms with E-state index in [9.17, 15) is 13.2 Å². The topological polar surface area (TPSA) is 34.1 Å². The van der Waals surface area contributed by atoms with Gasteiger partial charge < -0.3 is 10.1 Å². The smallest absolute Gasteiger partial charge is 0.418 e. The van der Waals surface area contributed by atoms with Gasteiger partial charge in [0.1, 0.15) is 5.75 Å². The largest absolute Gasteiger partial charge is 0.497 e. The number of methoxy groups -OCH3 is 1. The molecule has 23 heavy (non-hydrogen) atoms. The maximum atomic E-state index is 13.1. The molecule has 118 valence electrons. The highest BCUT2D eigenvalue weighted by Crippen LogP contribution is 2.37. The quantitative estimate of drug-likeness (QED) is 0.737. The Morgan fingerprint density at radius 1 is 1.00 bits per heavy atom. The molecule has 1 heterocycles. The minimum Gasteiger partial charge on any atom is -0.497 e. The Kier molecular flexibility index (Phi) is 3.82. The van der Waals surface area contributed by atoms with Crippen LogP contribution in [0, 0.1) is 0 Å². The van der Waals surface area contributed by atoms with Gasteiger partial charge in [-0.25, -0.2) is 0 Å². The lowest BCUT2D eigenvalue weighted by Crippen LogP contribution is -2.08. The van der Waals surface area contributed by atoms with Crippen molar-refractivity contribution in [2.24, 2.45) is 0 Å². The minimum absolute atomic E-state index is 0.00433. The Morgan fingerprint density at radius 3 is 2.52 bits per heavy atom. The Labute approximate surface area is 130 Å². The highest BCUT2D eigenvalue weighted by atomic mass is 19.4. The van der Waals surface area contributed by atoms with Crippen molar-refractivity contribution in [2.75, 3.05) is 12.4 Å². The van der Waals surface area contributed by atoms with Gasteiger partial charge in [0, 0.05) is 17.3 Å². The number of aromatic nitrogens is 1. The van der Waals surface area contributed by atoms with E-state index in [0.717, 1.165) is 6.07 Å². The average Bonchev–Trinajstić information content (AvgIpc) is 2.54. The van der Waals surface area contributed by atoms with Crippen molar-refractivity contribution >= 4 is 22.3 Å². The van der Waals surface area contributed by atoms with Crippen LogP contribution in [0.5, 0.6) is 5.75 Å². The molecule has 6 heteroatoms. The van der Waals surface area contributed by atoms with Crippen LogP contribution in [0.1, 0.15) is 5.56 Å². The first-order chi connectivity index (χ1) is 11.0. The summed E-state index contributed by atoms with van der Waals surface area (Å²) in [5.41, 5.74) is 0.481. The molecule has 0 saturated carbocycles. The fraction of sp³-hybridized carbons (Fsp3) is 0.118. The lowest BCUT2D eigenvalue weighted by Gasteiger charge is -2.15. The van der Waals surface area contributed by atoms with Gasteiger partial charge in [-0.15, -0.1) is 0 Å². The van der Waals surface area contributed by atoms with Crippen LogP contribution in [0.3, 0.4) is 0 Å². The van der Waals surface area contributed by atoms with Gasteiger partial charge in [0.2, 0.25) is 0 Å². The lowest BCUT2D eigenvalue weighted by atomic mass is 10.1. The molecule has 3 rings (SSSR count). The zero-order valence-electron chi connectivity index (χ0n) is 12.2. The maximum Gasteiger partial charge on any atom is 0.418 e. The van der Waals surface area contributed by atoms with Crippen LogP contribution in [-0.4, -0.2) is 12.1 Å². The van der Waals surface area contributed by atoms with Crippen molar-refractivity contribution in [3.8, 4) is 5.75 Å². The van der Waals surface area contributed by atoms with E-state index in [1.54, 1.807) is 36.5 Å². The average molecular weight is 318 g/mol. The molecule has 0 saturated heterocycles. The van der Waals surface area contributed by atoms with E-state index in [-0.39, 0.29) is 5.69 Å². The maximum absolute atomic E-state index is 13.1. The van der Waals surface area contributed by atoms with E-state index >= 15 is 0 Å². The van der Waals surface area contributed by atoms with E-state index in [1.165, 1.54) is 19.2 Å². The SMILES string of the molecule is COc1ccc2nccc(Nc3ccccc3C(F)(F)F)c2c1. The predicted molar refractivity (Wildman–Crippen MR) is 83.0 cm³/mol. The number of halogens is 3.